The molecule has 2 atom stereocenters. The Morgan fingerprint density at radius 1 is 1.06 bits per heavy atom. The number of rotatable bonds is 5. The minimum absolute atomic E-state index is 0.0724. The number of hydrogen-bond acceptors (Lipinski definition) is 8. The number of carbonyl (C=O) groups is 1. The van der Waals surface area contributed by atoms with Gasteiger partial charge in [-0.2, -0.15) is 0 Å². The Balaban J connectivity index is 2.14. The molecular formula is C27H32O8. The third kappa shape index (κ3) is 4.16. The molecule has 0 radical (unpaired) electrons. The smallest absolute Gasteiger partial charge is 0.338 e. The Morgan fingerprint density at radius 2 is 1.74 bits per heavy atom. The van der Waals surface area contributed by atoms with Crippen molar-refractivity contribution in [2.75, 3.05) is 28.1 Å². The van der Waals surface area contributed by atoms with Crippen LogP contribution < -0.4 is 28.4 Å². The Hall–Kier alpha value is -3.39. The van der Waals surface area contributed by atoms with Crippen molar-refractivity contribution in [3.05, 3.63) is 34.9 Å². The van der Waals surface area contributed by atoms with E-state index in [0.29, 0.717) is 46.1 Å². The number of carbonyl (C=O) groups excluding carboxylic acids is 1. The number of aliphatic hydroxyl groups is 1. The number of benzene rings is 2. The van der Waals surface area contributed by atoms with E-state index in [0.717, 1.165) is 11.1 Å². The number of methoxy groups -OCH3 is 3. The third-order valence-corrected chi connectivity index (χ3v) is 6.95. The molecule has 0 bridgehead atoms. The number of esters is 1. The molecule has 8 nitrogen and oxygen atoms in total. The summed E-state index contributed by atoms with van der Waals surface area (Å²) < 4.78 is 34.6. The van der Waals surface area contributed by atoms with Gasteiger partial charge in [-0.1, -0.05) is 13.0 Å². The van der Waals surface area contributed by atoms with E-state index in [2.05, 4.69) is 0 Å². The van der Waals surface area contributed by atoms with Crippen molar-refractivity contribution < 1.29 is 38.3 Å². The highest BCUT2D eigenvalue weighted by molar-refractivity contribution is 5.94. The number of hydrogen-bond donors (Lipinski definition) is 1. The van der Waals surface area contributed by atoms with E-state index in [1.165, 1.54) is 14.2 Å². The molecule has 2 aliphatic rings. The Kier molecular flexibility index (Phi) is 6.60. The summed E-state index contributed by atoms with van der Waals surface area (Å²) >= 11 is 0. The highest BCUT2D eigenvalue weighted by atomic mass is 16.7. The fourth-order valence-electron chi connectivity index (χ4n) is 4.62. The van der Waals surface area contributed by atoms with Crippen LogP contribution >= 0.6 is 0 Å². The fourth-order valence-corrected chi connectivity index (χ4v) is 4.62. The minimum Gasteiger partial charge on any atom is -0.493 e. The van der Waals surface area contributed by atoms with Crippen molar-refractivity contribution in [3.63, 3.8) is 0 Å². The lowest BCUT2D eigenvalue weighted by Crippen LogP contribution is -2.37. The van der Waals surface area contributed by atoms with E-state index < -0.39 is 11.6 Å². The molecule has 0 aromatic heterocycles. The van der Waals surface area contributed by atoms with Crippen LogP contribution in [0.2, 0.25) is 0 Å². The van der Waals surface area contributed by atoms with Gasteiger partial charge in [0.2, 0.25) is 18.3 Å². The number of ether oxygens (including phenoxy) is 6. The van der Waals surface area contributed by atoms with Crippen LogP contribution in [0.4, 0.5) is 0 Å². The van der Waals surface area contributed by atoms with E-state index >= 15 is 0 Å². The van der Waals surface area contributed by atoms with Gasteiger partial charge in [0.1, 0.15) is 0 Å². The van der Waals surface area contributed by atoms with Crippen LogP contribution in [0, 0.1) is 5.92 Å². The molecule has 1 aliphatic heterocycles. The van der Waals surface area contributed by atoms with Gasteiger partial charge < -0.3 is 33.5 Å². The van der Waals surface area contributed by atoms with Crippen molar-refractivity contribution in [1.29, 1.82) is 0 Å². The summed E-state index contributed by atoms with van der Waals surface area (Å²) in [6.45, 7) is 7.33. The molecule has 0 saturated heterocycles. The SMILES string of the molecule is C/C=C(/C)C(=O)Oc1c(OC)c(OC)cc2c1-c1c(cc3c(c1OC)OCO3)C[C@H](C)[C@@](C)(O)C2. The molecule has 1 aliphatic carbocycles. The van der Waals surface area contributed by atoms with Gasteiger partial charge in [0.25, 0.3) is 0 Å². The number of fused-ring (bicyclic) bond motifs is 4. The van der Waals surface area contributed by atoms with Gasteiger partial charge in [0, 0.05) is 23.1 Å². The normalized spacial score (nSPS) is 20.8. The van der Waals surface area contributed by atoms with E-state index in [1.807, 2.05) is 26.0 Å². The summed E-state index contributed by atoms with van der Waals surface area (Å²) in [6.07, 6.45) is 2.50. The van der Waals surface area contributed by atoms with Gasteiger partial charge in [-0.25, -0.2) is 4.79 Å². The highest BCUT2D eigenvalue weighted by Gasteiger charge is 2.39. The average Bonchev–Trinajstić information content (AvgIpc) is 3.30. The van der Waals surface area contributed by atoms with E-state index in [1.54, 1.807) is 27.0 Å². The molecule has 0 amide bonds. The summed E-state index contributed by atoms with van der Waals surface area (Å²) in [5, 5.41) is 11.5. The lowest BCUT2D eigenvalue weighted by atomic mass is 9.75. The predicted molar refractivity (Wildman–Crippen MR) is 130 cm³/mol. The molecule has 0 unspecified atom stereocenters. The maximum absolute atomic E-state index is 13.0. The van der Waals surface area contributed by atoms with Crippen LogP contribution in [0.15, 0.2) is 23.8 Å². The molecule has 188 valence electrons. The molecule has 2 aromatic carbocycles. The zero-order valence-electron chi connectivity index (χ0n) is 21.2. The van der Waals surface area contributed by atoms with E-state index in [-0.39, 0.29) is 30.6 Å². The predicted octanol–water partition coefficient (Wildman–Crippen LogP) is 4.47. The van der Waals surface area contributed by atoms with E-state index in [9.17, 15) is 9.90 Å². The summed E-state index contributed by atoms with van der Waals surface area (Å²) in [5.41, 5.74) is 2.25. The second-order valence-corrected chi connectivity index (χ2v) is 9.15. The van der Waals surface area contributed by atoms with Crippen LogP contribution in [-0.2, 0) is 17.6 Å². The molecule has 4 rings (SSSR count). The lowest BCUT2D eigenvalue weighted by molar-refractivity contribution is -0.130. The topological polar surface area (TPSA) is 92.7 Å². The molecule has 35 heavy (non-hydrogen) atoms. The van der Waals surface area contributed by atoms with Crippen LogP contribution in [0.25, 0.3) is 11.1 Å². The van der Waals surface area contributed by atoms with E-state index in [4.69, 9.17) is 28.4 Å². The van der Waals surface area contributed by atoms with Gasteiger partial charge in [0.05, 0.1) is 26.9 Å². The van der Waals surface area contributed by atoms with Gasteiger partial charge in [-0.05, 0) is 56.4 Å². The van der Waals surface area contributed by atoms with Crippen molar-refractivity contribution >= 4 is 5.97 Å². The monoisotopic (exact) mass is 484 g/mol. The molecule has 8 heteroatoms. The first-order valence-corrected chi connectivity index (χ1v) is 11.5. The first-order chi connectivity index (χ1) is 16.7. The number of allylic oxidation sites excluding steroid dienone is 1. The molecule has 2 aromatic rings. The second kappa shape index (κ2) is 9.34. The second-order valence-electron chi connectivity index (χ2n) is 9.15. The summed E-state index contributed by atoms with van der Waals surface area (Å²) in [5.74, 6) is 1.73. The first kappa shape index (κ1) is 24.7. The van der Waals surface area contributed by atoms with Crippen molar-refractivity contribution in [1.82, 2.24) is 0 Å². The first-order valence-electron chi connectivity index (χ1n) is 11.5. The Morgan fingerprint density at radius 3 is 2.37 bits per heavy atom. The largest absolute Gasteiger partial charge is 0.493 e. The maximum Gasteiger partial charge on any atom is 0.338 e. The van der Waals surface area contributed by atoms with Gasteiger partial charge >= 0.3 is 5.97 Å². The van der Waals surface area contributed by atoms with Crippen molar-refractivity contribution in [3.8, 4) is 45.6 Å². The average molecular weight is 485 g/mol. The minimum atomic E-state index is -1.06. The Labute approximate surface area is 205 Å². The van der Waals surface area contributed by atoms with Crippen molar-refractivity contribution in [2.45, 2.75) is 46.1 Å². The fraction of sp³-hybridized carbons (Fsp3) is 0.444. The van der Waals surface area contributed by atoms with Crippen LogP contribution in [0.3, 0.4) is 0 Å². The molecule has 0 spiro atoms. The summed E-state index contributed by atoms with van der Waals surface area (Å²) in [6, 6.07) is 3.72. The van der Waals surface area contributed by atoms with Gasteiger partial charge in [0.15, 0.2) is 23.0 Å². The van der Waals surface area contributed by atoms with Crippen LogP contribution in [0.1, 0.15) is 38.8 Å². The van der Waals surface area contributed by atoms with Gasteiger partial charge in [-0.3, -0.25) is 0 Å². The van der Waals surface area contributed by atoms with Crippen LogP contribution in [0.5, 0.6) is 34.5 Å². The molecule has 0 saturated carbocycles. The molecular weight excluding hydrogens is 452 g/mol. The van der Waals surface area contributed by atoms with Crippen LogP contribution in [-0.4, -0.2) is 44.8 Å². The highest BCUT2D eigenvalue weighted by Crippen LogP contribution is 2.57. The van der Waals surface area contributed by atoms with Crippen molar-refractivity contribution in [2.24, 2.45) is 5.92 Å². The molecule has 0 fully saturated rings. The maximum atomic E-state index is 13.0. The zero-order valence-corrected chi connectivity index (χ0v) is 21.2. The third-order valence-electron chi connectivity index (χ3n) is 6.95. The standard InChI is InChI=1S/C27H32O8/c1-8-14(2)26(28)35-25-21-17(11-18(30-5)22(25)31-6)12-27(4,29)15(3)9-16-10-19-23(34-13-33-19)24(32-7)20(16)21/h8,10-11,15,29H,9,12-13H2,1-7H3/b14-8-/t15-,27-/m0/s1. The van der Waals surface area contributed by atoms with Gasteiger partial charge in [-0.15, -0.1) is 0 Å². The molecule has 1 heterocycles. The lowest BCUT2D eigenvalue weighted by Gasteiger charge is -2.35. The summed E-state index contributed by atoms with van der Waals surface area (Å²) in [7, 11) is 4.57. The zero-order chi connectivity index (χ0) is 25.5. The quantitative estimate of drug-likeness (QED) is 0.378. The summed E-state index contributed by atoms with van der Waals surface area (Å²) in [4.78, 5) is 13.0. The Bertz CT molecular complexity index is 1190. The molecule has 1 N–H and O–H groups in total.